The number of amides is 2. The third kappa shape index (κ3) is 2.73. The van der Waals surface area contributed by atoms with Gasteiger partial charge in [0, 0.05) is 12.6 Å². The van der Waals surface area contributed by atoms with Crippen molar-refractivity contribution in [1.82, 2.24) is 40.2 Å². The number of tetrazole rings is 1. The normalized spacial score (nSPS) is 14.4. The summed E-state index contributed by atoms with van der Waals surface area (Å²) < 4.78 is 3.44. The van der Waals surface area contributed by atoms with E-state index in [1.54, 1.807) is 16.6 Å². The Balaban J connectivity index is 1.48. The number of hydrogen-bond donors (Lipinski definition) is 1. The summed E-state index contributed by atoms with van der Waals surface area (Å²) in [6, 6.07) is 9.49. The van der Waals surface area contributed by atoms with E-state index in [2.05, 4.69) is 25.9 Å². The topological polar surface area (TPSA) is 93.8 Å². The van der Waals surface area contributed by atoms with Crippen molar-refractivity contribution in [3.63, 3.8) is 0 Å². The Morgan fingerprint density at radius 1 is 1.24 bits per heavy atom. The number of carbonyl (C=O) groups is 1. The summed E-state index contributed by atoms with van der Waals surface area (Å²) in [6.07, 6.45) is 1.83. The average molecular weight is 338 g/mol. The van der Waals surface area contributed by atoms with Crippen molar-refractivity contribution in [3.05, 3.63) is 53.6 Å². The van der Waals surface area contributed by atoms with Gasteiger partial charge in [-0.05, 0) is 29.5 Å². The molecule has 1 aromatic carbocycles. The van der Waals surface area contributed by atoms with E-state index in [0.717, 1.165) is 16.9 Å². The third-order valence-electron chi connectivity index (χ3n) is 4.33. The molecule has 9 nitrogen and oxygen atoms in total. The molecule has 25 heavy (non-hydrogen) atoms. The van der Waals surface area contributed by atoms with Crippen LogP contribution in [0.2, 0.25) is 0 Å². The lowest BCUT2D eigenvalue weighted by Gasteiger charge is -2.20. The number of aromatic nitrogens is 6. The van der Waals surface area contributed by atoms with Gasteiger partial charge in [-0.25, -0.2) is 14.2 Å². The lowest BCUT2D eigenvalue weighted by atomic mass is 10.3. The zero-order valence-corrected chi connectivity index (χ0v) is 14.0. The lowest BCUT2D eigenvalue weighted by molar-refractivity contribution is 0.193. The minimum Gasteiger partial charge on any atom is -0.328 e. The molecule has 4 rings (SSSR count). The van der Waals surface area contributed by atoms with Crippen LogP contribution >= 0.6 is 0 Å². The van der Waals surface area contributed by atoms with Crippen molar-refractivity contribution in [2.75, 3.05) is 0 Å². The molecule has 1 unspecified atom stereocenters. The van der Waals surface area contributed by atoms with E-state index < -0.39 is 0 Å². The highest BCUT2D eigenvalue weighted by Crippen LogP contribution is 2.25. The predicted octanol–water partition coefficient (Wildman–Crippen LogP) is 1.18. The highest BCUT2D eigenvalue weighted by atomic mass is 16.2. The second-order valence-corrected chi connectivity index (χ2v) is 6.05. The van der Waals surface area contributed by atoms with E-state index in [1.165, 1.54) is 0 Å². The molecule has 0 fully saturated rings. The van der Waals surface area contributed by atoms with Crippen LogP contribution in [0.15, 0.2) is 36.5 Å². The van der Waals surface area contributed by atoms with Crippen LogP contribution in [0.3, 0.4) is 0 Å². The first-order valence-electron chi connectivity index (χ1n) is 8.02. The summed E-state index contributed by atoms with van der Waals surface area (Å²) in [5.74, 6) is 0.612. The second-order valence-electron chi connectivity index (χ2n) is 6.05. The molecule has 128 valence electrons. The van der Waals surface area contributed by atoms with Gasteiger partial charge in [-0.2, -0.15) is 5.10 Å². The molecule has 2 amide bonds. The molecule has 0 spiro atoms. The van der Waals surface area contributed by atoms with Crippen LogP contribution in [0.4, 0.5) is 4.79 Å². The van der Waals surface area contributed by atoms with Crippen molar-refractivity contribution in [2.45, 2.75) is 26.1 Å². The molecule has 1 N–H and O–H groups in total. The Bertz CT molecular complexity index is 900. The summed E-state index contributed by atoms with van der Waals surface area (Å²) in [7, 11) is 1.75. The SMILES string of the molecule is CC(NC(=O)N1Cc2cnn(-c3ccccc3)c2C1)c1nnnn1C. The molecule has 0 saturated carbocycles. The maximum absolute atomic E-state index is 12.6. The van der Waals surface area contributed by atoms with E-state index in [-0.39, 0.29) is 12.1 Å². The second kappa shape index (κ2) is 6.00. The van der Waals surface area contributed by atoms with Crippen LogP contribution in [0.1, 0.15) is 30.0 Å². The van der Waals surface area contributed by atoms with Crippen LogP contribution < -0.4 is 5.32 Å². The average Bonchev–Trinajstić information content (AvgIpc) is 3.30. The Kier molecular flexibility index (Phi) is 3.68. The van der Waals surface area contributed by atoms with E-state index in [1.807, 2.05) is 48.1 Å². The molecular formula is C16H18N8O. The number of aryl methyl sites for hydroxylation is 1. The highest BCUT2D eigenvalue weighted by molar-refractivity contribution is 5.75. The molecular weight excluding hydrogens is 320 g/mol. The fourth-order valence-electron chi connectivity index (χ4n) is 3.03. The summed E-state index contributed by atoms with van der Waals surface area (Å²) in [5, 5.41) is 18.7. The Morgan fingerprint density at radius 2 is 2.04 bits per heavy atom. The molecule has 0 saturated heterocycles. The van der Waals surface area contributed by atoms with Gasteiger partial charge < -0.3 is 10.2 Å². The van der Waals surface area contributed by atoms with E-state index in [4.69, 9.17) is 0 Å². The van der Waals surface area contributed by atoms with Crippen molar-refractivity contribution in [3.8, 4) is 5.69 Å². The predicted molar refractivity (Wildman–Crippen MR) is 88.6 cm³/mol. The fraction of sp³-hybridized carbons (Fsp3) is 0.312. The number of benzene rings is 1. The zero-order valence-electron chi connectivity index (χ0n) is 14.0. The van der Waals surface area contributed by atoms with Crippen molar-refractivity contribution >= 4 is 6.03 Å². The Morgan fingerprint density at radius 3 is 2.76 bits per heavy atom. The molecule has 0 aliphatic carbocycles. The number of fused-ring (bicyclic) bond motifs is 1. The monoisotopic (exact) mass is 338 g/mol. The van der Waals surface area contributed by atoms with Gasteiger partial charge in [0.05, 0.1) is 36.7 Å². The summed E-state index contributed by atoms with van der Waals surface area (Å²) in [5.41, 5.74) is 3.09. The van der Waals surface area contributed by atoms with Gasteiger partial charge in [0.15, 0.2) is 5.82 Å². The molecule has 0 radical (unpaired) electrons. The summed E-state index contributed by atoms with van der Waals surface area (Å²) in [6.45, 7) is 2.91. The number of carbonyl (C=O) groups excluding carboxylic acids is 1. The van der Waals surface area contributed by atoms with Gasteiger partial charge in [-0.3, -0.25) is 0 Å². The molecule has 3 heterocycles. The maximum Gasteiger partial charge on any atom is 0.318 e. The Hall–Kier alpha value is -3.23. The number of urea groups is 1. The lowest BCUT2D eigenvalue weighted by Crippen LogP contribution is -2.38. The van der Waals surface area contributed by atoms with Crippen LogP contribution in [0, 0.1) is 0 Å². The number of nitrogens with one attached hydrogen (secondary N) is 1. The summed E-state index contributed by atoms with van der Waals surface area (Å²) in [4.78, 5) is 14.3. The van der Waals surface area contributed by atoms with E-state index >= 15 is 0 Å². The van der Waals surface area contributed by atoms with Gasteiger partial charge in [0.1, 0.15) is 0 Å². The molecule has 9 heteroatoms. The van der Waals surface area contributed by atoms with Gasteiger partial charge >= 0.3 is 6.03 Å². The van der Waals surface area contributed by atoms with Crippen LogP contribution in [0.5, 0.6) is 0 Å². The minimum atomic E-state index is -0.276. The molecule has 1 aliphatic heterocycles. The van der Waals surface area contributed by atoms with E-state index in [9.17, 15) is 4.79 Å². The highest BCUT2D eigenvalue weighted by Gasteiger charge is 2.29. The Labute approximate surface area is 144 Å². The molecule has 2 aromatic heterocycles. The minimum absolute atomic E-state index is 0.147. The first kappa shape index (κ1) is 15.3. The summed E-state index contributed by atoms with van der Waals surface area (Å²) >= 11 is 0. The van der Waals surface area contributed by atoms with Gasteiger partial charge in [-0.15, -0.1) is 5.10 Å². The quantitative estimate of drug-likeness (QED) is 0.774. The molecule has 0 bridgehead atoms. The number of para-hydroxylation sites is 1. The number of rotatable bonds is 3. The zero-order chi connectivity index (χ0) is 17.4. The van der Waals surface area contributed by atoms with Crippen LogP contribution in [-0.2, 0) is 20.1 Å². The van der Waals surface area contributed by atoms with Crippen molar-refractivity contribution < 1.29 is 4.79 Å². The van der Waals surface area contributed by atoms with Gasteiger partial charge in [-0.1, -0.05) is 18.2 Å². The molecule has 3 aromatic rings. The van der Waals surface area contributed by atoms with Gasteiger partial charge in [0.25, 0.3) is 0 Å². The fourth-order valence-corrected chi connectivity index (χ4v) is 3.03. The molecule has 1 aliphatic rings. The largest absolute Gasteiger partial charge is 0.328 e. The van der Waals surface area contributed by atoms with Crippen LogP contribution in [0.25, 0.3) is 5.69 Å². The number of hydrogen-bond acceptors (Lipinski definition) is 5. The van der Waals surface area contributed by atoms with E-state index in [0.29, 0.717) is 18.9 Å². The van der Waals surface area contributed by atoms with Crippen molar-refractivity contribution in [1.29, 1.82) is 0 Å². The first-order valence-corrected chi connectivity index (χ1v) is 8.02. The first-order chi connectivity index (χ1) is 12.1. The maximum atomic E-state index is 12.6. The van der Waals surface area contributed by atoms with Crippen molar-refractivity contribution in [2.24, 2.45) is 7.05 Å². The smallest absolute Gasteiger partial charge is 0.318 e. The van der Waals surface area contributed by atoms with Crippen LogP contribution in [-0.4, -0.2) is 40.9 Å². The standard InChI is InChI=1S/C16H18N8O/c1-11(15-19-20-21-22(15)2)18-16(25)23-9-12-8-17-24(14(12)10-23)13-6-4-3-5-7-13/h3-8,11H,9-10H2,1-2H3,(H,18,25). The number of nitrogens with zero attached hydrogens (tertiary/aromatic N) is 7. The molecule has 1 atom stereocenters. The van der Waals surface area contributed by atoms with Gasteiger partial charge in [0.2, 0.25) is 0 Å². The third-order valence-corrected chi connectivity index (χ3v) is 4.33.